The minimum Gasteiger partial charge on any atom is -0.465 e. The van der Waals surface area contributed by atoms with Crippen LogP contribution in [0.5, 0.6) is 0 Å². The number of carbonyl (C=O) groups excluding carboxylic acids is 2. The molecular formula is C17H22O3. The third-order valence-corrected chi connectivity index (χ3v) is 4.01. The van der Waals surface area contributed by atoms with Gasteiger partial charge in [-0.3, -0.25) is 9.59 Å². The van der Waals surface area contributed by atoms with E-state index < -0.39 is 11.3 Å². The van der Waals surface area contributed by atoms with Crippen LogP contribution >= 0.6 is 0 Å². The maximum Gasteiger partial charge on any atom is 0.316 e. The van der Waals surface area contributed by atoms with Crippen molar-refractivity contribution in [2.75, 3.05) is 6.61 Å². The fourth-order valence-electron chi connectivity index (χ4n) is 2.78. The lowest BCUT2D eigenvalue weighted by atomic mass is 9.82. The minimum absolute atomic E-state index is 0.0454. The molecule has 0 heterocycles. The molecule has 1 aliphatic carbocycles. The highest BCUT2D eigenvalue weighted by molar-refractivity contribution is 6.06. The van der Waals surface area contributed by atoms with Crippen molar-refractivity contribution in [2.45, 2.75) is 44.9 Å². The Hall–Kier alpha value is -1.64. The third-order valence-electron chi connectivity index (χ3n) is 4.01. The topological polar surface area (TPSA) is 43.4 Å². The molecule has 1 saturated carbocycles. The van der Waals surface area contributed by atoms with Crippen molar-refractivity contribution in [2.24, 2.45) is 5.92 Å². The van der Waals surface area contributed by atoms with Crippen molar-refractivity contribution in [1.82, 2.24) is 0 Å². The van der Waals surface area contributed by atoms with Gasteiger partial charge in [-0.05, 0) is 31.7 Å². The van der Waals surface area contributed by atoms with Crippen LogP contribution in [-0.2, 0) is 19.7 Å². The van der Waals surface area contributed by atoms with Gasteiger partial charge in [0.15, 0.2) is 5.78 Å². The molecule has 1 aromatic rings. The number of hydrogen-bond donors (Lipinski definition) is 0. The number of benzene rings is 1. The predicted molar refractivity (Wildman–Crippen MR) is 77.4 cm³/mol. The number of hydrogen-bond acceptors (Lipinski definition) is 3. The van der Waals surface area contributed by atoms with E-state index in [0.717, 1.165) is 24.8 Å². The second kappa shape index (κ2) is 6.21. The Labute approximate surface area is 120 Å². The van der Waals surface area contributed by atoms with Gasteiger partial charge in [0.1, 0.15) is 5.92 Å². The van der Waals surface area contributed by atoms with Gasteiger partial charge >= 0.3 is 5.97 Å². The molecule has 0 aliphatic heterocycles. The van der Waals surface area contributed by atoms with Crippen molar-refractivity contribution in [3.8, 4) is 0 Å². The zero-order valence-electron chi connectivity index (χ0n) is 12.2. The summed E-state index contributed by atoms with van der Waals surface area (Å²) in [6, 6.07) is 9.81. The summed E-state index contributed by atoms with van der Waals surface area (Å²) in [6.45, 7) is 4.09. The summed E-state index contributed by atoms with van der Waals surface area (Å²) >= 11 is 0. The maximum absolute atomic E-state index is 12.8. The quantitative estimate of drug-likeness (QED) is 0.566. The summed E-state index contributed by atoms with van der Waals surface area (Å²) in [5.41, 5.74) is 0.601. The zero-order chi connectivity index (χ0) is 14.6. The van der Waals surface area contributed by atoms with Gasteiger partial charge in [-0.2, -0.15) is 0 Å². The number of carbonyl (C=O) groups is 2. The van der Waals surface area contributed by atoms with Crippen LogP contribution in [0, 0.1) is 5.92 Å². The van der Waals surface area contributed by atoms with Gasteiger partial charge in [-0.15, -0.1) is 0 Å². The van der Waals surface area contributed by atoms with E-state index in [9.17, 15) is 9.59 Å². The molecule has 0 saturated heterocycles. The number of esters is 1. The van der Waals surface area contributed by atoms with E-state index in [1.54, 1.807) is 6.92 Å². The van der Waals surface area contributed by atoms with Crippen LogP contribution in [0.4, 0.5) is 0 Å². The van der Waals surface area contributed by atoms with Gasteiger partial charge < -0.3 is 4.74 Å². The Balaban J connectivity index is 2.21. The van der Waals surface area contributed by atoms with Crippen molar-refractivity contribution < 1.29 is 14.3 Å². The molecule has 20 heavy (non-hydrogen) atoms. The molecule has 108 valence electrons. The van der Waals surface area contributed by atoms with Crippen molar-refractivity contribution in [3.63, 3.8) is 0 Å². The lowest BCUT2D eigenvalue weighted by molar-refractivity contribution is -0.152. The Kier molecular flexibility index (Phi) is 4.58. The lowest BCUT2D eigenvalue weighted by Gasteiger charge is -2.21. The van der Waals surface area contributed by atoms with Crippen molar-refractivity contribution >= 4 is 11.8 Å². The Morgan fingerprint density at radius 1 is 1.20 bits per heavy atom. The van der Waals surface area contributed by atoms with Gasteiger partial charge in [0.05, 0.1) is 12.0 Å². The number of rotatable bonds is 7. The average molecular weight is 274 g/mol. The molecule has 0 aromatic heterocycles. The van der Waals surface area contributed by atoms with Crippen molar-refractivity contribution in [3.05, 3.63) is 35.9 Å². The Bertz CT molecular complexity index is 474. The molecule has 0 amide bonds. The van der Waals surface area contributed by atoms with Gasteiger partial charge in [0.25, 0.3) is 0 Å². The first-order valence-electron chi connectivity index (χ1n) is 7.42. The number of Topliss-reactive ketones (excluding diaryl/α,β-unsaturated/α-hetero) is 1. The van der Waals surface area contributed by atoms with Crippen molar-refractivity contribution in [1.29, 1.82) is 0 Å². The molecule has 1 unspecified atom stereocenters. The van der Waals surface area contributed by atoms with Crippen LogP contribution in [0.25, 0.3) is 0 Å². The van der Waals surface area contributed by atoms with E-state index in [0.29, 0.717) is 13.0 Å². The summed E-state index contributed by atoms with van der Waals surface area (Å²) in [5.74, 6) is -0.923. The van der Waals surface area contributed by atoms with Gasteiger partial charge in [-0.1, -0.05) is 43.7 Å². The highest BCUT2D eigenvalue weighted by Crippen LogP contribution is 2.50. The number of ketones is 1. The van der Waals surface area contributed by atoms with E-state index >= 15 is 0 Å². The van der Waals surface area contributed by atoms with Crippen LogP contribution in [0.2, 0.25) is 0 Å². The van der Waals surface area contributed by atoms with E-state index in [2.05, 4.69) is 0 Å². The van der Waals surface area contributed by atoms with Crippen LogP contribution in [-0.4, -0.2) is 18.4 Å². The smallest absolute Gasteiger partial charge is 0.316 e. The molecule has 0 N–H and O–H groups in total. The fourth-order valence-corrected chi connectivity index (χ4v) is 2.78. The Morgan fingerprint density at radius 2 is 1.85 bits per heavy atom. The predicted octanol–water partition coefficient (Wildman–Crippen LogP) is 3.27. The second-order valence-electron chi connectivity index (χ2n) is 5.41. The summed E-state index contributed by atoms with van der Waals surface area (Å²) < 4.78 is 5.08. The third kappa shape index (κ3) is 2.77. The number of ether oxygens (including phenoxy) is 1. The molecule has 1 fully saturated rings. The monoisotopic (exact) mass is 274 g/mol. The molecule has 3 heteroatoms. The average Bonchev–Trinajstić information content (AvgIpc) is 3.27. The Morgan fingerprint density at radius 3 is 2.35 bits per heavy atom. The van der Waals surface area contributed by atoms with Crippen LogP contribution in [0.3, 0.4) is 0 Å². The minimum atomic E-state index is -0.609. The largest absolute Gasteiger partial charge is 0.465 e. The second-order valence-corrected chi connectivity index (χ2v) is 5.41. The highest BCUT2D eigenvalue weighted by Gasteiger charge is 2.54. The van der Waals surface area contributed by atoms with Gasteiger partial charge in [-0.25, -0.2) is 0 Å². The molecule has 1 aliphatic rings. The van der Waals surface area contributed by atoms with Gasteiger partial charge in [0, 0.05) is 0 Å². The molecular weight excluding hydrogens is 252 g/mol. The highest BCUT2D eigenvalue weighted by atomic mass is 16.5. The molecule has 1 aromatic carbocycles. The van der Waals surface area contributed by atoms with E-state index in [-0.39, 0.29) is 11.8 Å². The zero-order valence-corrected chi connectivity index (χ0v) is 12.2. The molecule has 0 radical (unpaired) electrons. The molecule has 0 spiro atoms. The molecule has 0 bridgehead atoms. The van der Waals surface area contributed by atoms with Gasteiger partial charge in [0.2, 0.25) is 0 Å². The maximum atomic E-state index is 12.8. The first-order valence-corrected chi connectivity index (χ1v) is 7.42. The van der Waals surface area contributed by atoms with E-state index in [1.165, 1.54) is 0 Å². The normalized spacial score (nSPS) is 17.3. The molecule has 3 nitrogen and oxygen atoms in total. The fraction of sp³-hybridized carbons (Fsp3) is 0.529. The summed E-state index contributed by atoms with van der Waals surface area (Å²) in [6.07, 6.45) is 3.07. The summed E-state index contributed by atoms with van der Waals surface area (Å²) in [7, 11) is 0. The SMILES string of the molecule is CCCC(C(=O)OCC)C(=O)C1(c2ccccc2)CC1. The first-order chi connectivity index (χ1) is 9.65. The molecule has 2 rings (SSSR count). The molecule has 1 atom stereocenters. The van der Waals surface area contributed by atoms with E-state index in [4.69, 9.17) is 4.74 Å². The van der Waals surface area contributed by atoms with Crippen LogP contribution < -0.4 is 0 Å². The summed E-state index contributed by atoms with van der Waals surface area (Å²) in [4.78, 5) is 24.9. The van der Waals surface area contributed by atoms with E-state index in [1.807, 2.05) is 37.3 Å². The summed E-state index contributed by atoms with van der Waals surface area (Å²) in [5, 5.41) is 0. The van der Waals surface area contributed by atoms with Crippen LogP contribution in [0.15, 0.2) is 30.3 Å². The standard InChI is InChI=1S/C17H22O3/c1-3-8-14(16(19)20-4-2)15(18)17(11-12-17)13-9-6-5-7-10-13/h5-7,9-10,14H,3-4,8,11-12H2,1-2H3. The van der Waals surface area contributed by atoms with Crippen LogP contribution in [0.1, 0.15) is 45.1 Å². The lowest BCUT2D eigenvalue weighted by Crippen LogP contribution is -2.34. The first kappa shape index (κ1) is 14.8.